The molecule has 2 heterocycles. The highest BCUT2D eigenvalue weighted by Crippen LogP contribution is 2.31. The number of benzene rings is 1. The number of carbonyl (C=O) groups excluding carboxylic acids is 1. The van der Waals surface area contributed by atoms with Crippen LogP contribution in [0.5, 0.6) is 5.75 Å². The number of aryl methyl sites for hydroxylation is 1. The van der Waals surface area contributed by atoms with Crippen LogP contribution in [0, 0.1) is 6.92 Å². The number of aromatic nitrogens is 4. The van der Waals surface area contributed by atoms with Crippen molar-refractivity contribution in [3.8, 4) is 5.75 Å². The fourth-order valence-electron chi connectivity index (χ4n) is 2.50. The predicted octanol–water partition coefficient (Wildman–Crippen LogP) is 3.54. The summed E-state index contributed by atoms with van der Waals surface area (Å²) in [5.41, 5.74) is 2.35. The van der Waals surface area contributed by atoms with Crippen molar-refractivity contribution >= 4 is 29.1 Å². The minimum Gasteiger partial charge on any atom is -0.470 e. The monoisotopic (exact) mass is 407 g/mol. The second-order valence-corrected chi connectivity index (χ2v) is 6.89. The molecule has 7 nitrogen and oxygen atoms in total. The van der Waals surface area contributed by atoms with Gasteiger partial charge in [-0.1, -0.05) is 29.3 Å². The molecule has 3 rings (SSSR count). The fraction of sp³-hybridized carbons (Fsp3) is 0.278. The van der Waals surface area contributed by atoms with Gasteiger partial charge >= 0.3 is 0 Å². The Bertz CT molecular complexity index is 967. The van der Waals surface area contributed by atoms with Gasteiger partial charge in [0.1, 0.15) is 10.8 Å². The van der Waals surface area contributed by atoms with Crippen molar-refractivity contribution < 1.29 is 9.53 Å². The van der Waals surface area contributed by atoms with Crippen LogP contribution in [0.2, 0.25) is 10.0 Å². The molecule has 0 N–H and O–H groups in total. The van der Waals surface area contributed by atoms with Crippen molar-refractivity contribution in [3.63, 3.8) is 0 Å². The molecule has 1 amide bonds. The van der Waals surface area contributed by atoms with Gasteiger partial charge in [-0.2, -0.15) is 10.2 Å². The van der Waals surface area contributed by atoms with Crippen LogP contribution in [0.15, 0.2) is 36.7 Å². The third-order valence-corrected chi connectivity index (χ3v) is 5.02. The van der Waals surface area contributed by atoms with Crippen molar-refractivity contribution in [2.75, 3.05) is 7.05 Å². The van der Waals surface area contributed by atoms with Gasteiger partial charge in [-0.05, 0) is 25.1 Å². The number of rotatable bonds is 6. The maximum absolute atomic E-state index is 12.6. The minimum absolute atomic E-state index is 0.110. The summed E-state index contributed by atoms with van der Waals surface area (Å²) in [6.45, 7) is 2.53. The number of hydrogen-bond acceptors (Lipinski definition) is 4. The van der Waals surface area contributed by atoms with Gasteiger partial charge < -0.3 is 9.64 Å². The summed E-state index contributed by atoms with van der Waals surface area (Å²) in [6.07, 6.45) is 3.44. The lowest BCUT2D eigenvalue weighted by Gasteiger charge is -2.15. The maximum atomic E-state index is 12.6. The van der Waals surface area contributed by atoms with E-state index >= 15 is 0 Å². The minimum atomic E-state index is -0.183. The Balaban J connectivity index is 1.63. The summed E-state index contributed by atoms with van der Waals surface area (Å²) in [7, 11) is 3.60. The van der Waals surface area contributed by atoms with Crippen molar-refractivity contribution in [2.24, 2.45) is 7.05 Å². The van der Waals surface area contributed by atoms with E-state index in [1.165, 1.54) is 4.68 Å². The first-order chi connectivity index (χ1) is 12.9. The number of amides is 1. The van der Waals surface area contributed by atoms with Crippen molar-refractivity contribution in [1.82, 2.24) is 24.5 Å². The SMILES string of the molecule is Cc1c(CN(C)C(=O)c2ccn(COc3cccc(Cl)c3Cl)n2)cnn1C. The fourth-order valence-corrected chi connectivity index (χ4v) is 2.85. The molecule has 0 aliphatic carbocycles. The number of hydrogen-bond donors (Lipinski definition) is 0. The van der Waals surface area contributed by atoms with Crippen LogP contribution >= 0.6 is 23.2 Å². The number of carbonyl (C=O) groups is 1. The van der Waals surface area contributed by atoms with Crippen LogP contribution in [0.3, 0.4) is 0 Å². The molecule has 0 fully saturated rings. The maximum Gasteiger partial charge on any atom is 0.274 e. The molecule has 142 valence electrons. The molecule has 0 unspecified atom stereocenters. The van der Waals surface area contributed by atoms with Gasteiger partial charge in [-0.25, -0.2) is 4.68 Å². The molecule has 3 aromatic rings. The standard InChI is InChI=1S/C18H19Cl2N5O2/c1-12-13(9-21-24(12)3)10-23(2)18(26)15-7-8-25(22-15)11-27-16-6-4-5-14(19)17(16)20/h4-9H,10-11H2,1-3H3. The molecule has 0 aliphatic rings. The molecule has 27 heavy (non-hydrogen) atoms. The summed E-state index contributed by atoms with van der Waals surface area (Å²) in [4.78, 5) is 14.2. The Hall–Kier alpha value is -2.51. The van der Waals surface area contributed by atoms with Crippen LogP contribution in [0.25, 0.3) is 0 Å². The van der Waals surface area contributed by atoms with Crippen LogP contribution in [0.4, 0.5) is 0 Å². The van der Waals surface area contributed by atoms with Gasteiger partial charge in [-0.3, -0.25) is 9.48 Å². The Morgan fingerprint density at radius 1 is 1.30 bits per heavy atom. The number of nitrogens with zero attached hydrogens (tertiary/aromatic N) is 5. The molecule has 9 heteroatoms. The third kappa shape index (κ3) is 4.26. The second kappa shape index (κ2) is 8.02. The van der Waals surface area contributed by atoms with Crippen LogP contribution in [-0.4, -0.2) is 37.4 Å². The van der Waals surface area contributed by atoms with Crippen LogP contribution in [-0.2, 0) is 20.3 Å². The van der Waals surface area contributed by atoms with E-state index in [1.807, 2.05) is 14.0 Å². The summed E-state index contributed by atoms with van der Waals surface area (Å²) >= 11 is 12.1. The quantitative estimate of drug-likeness (QED) is 0.626. The van der Waals surface area contributed by atoms with Crippen LogP contribution in [0.1, 0.15) is 21.7 Å². The highest BCUT2D eigenvalue weighted by molar-refractivity contribution is 6.42. The molecule has 0 atom stereocenters. The Labute approximate surface area is 167 Å². The lowest BCUT2D eigenvalue weighted by atomic mass is 10.2. The Kier molecular flexibility index (Phi) is 5.72. The Morgan fingerprint density at radius 3 is 2.78 bits per heavy atom. The van der Waals surface area contributed by atoms with E-state index in [0.717, 1.165) is 11.3 Å². The average Bonchev–Trinajstić information content (AvgIpc) is 3.24. The van der Waals surface area contributed by atoms with E-state index in [9.17, 15) is 4.79 Å². The van der Waals surface area contributed by atoms with Crippen molar-refractivity contribution in [3.05, 3.63) is 63.7 Å². The molecule has 0 saturated heterocycles. The normalized spacial score (nSPS) is 10.9. The topological polar surface area (TPSA) is 65.2 Å². The summed E-state index contributed by atoms with van der Waals surface area (Å²) < 4.78 is 8.92. The zero-order chi connectivity index (χ0) is 19.6. The second-order valence-electron chi connectivity index (χ2n) is 6.11. The molecule has 2 aromatic heterocycles. The molecule has 0 bridgehead atoms. The van der Waals surface area contributed by atoms with E-state index in [4.69, 9.17) is 27.9 Å². The largest absolute Gasteiger partial charge is 0.470 e. The molecule has 0 radical (unpaired) electrons. The van der Waals surface area contributed by atoms with Crippen molar-refractivity contribution in [2.45, 2.75) is 20.2 Å². The van der Waals surface area contributed by atoms with E-state index in [0.29, 0.717) is 28.0 Å². The molecule has 0 aliphatic heterocycles. The van der Waals surface area contributed by atoms with Gasteiger partial charge in [0.25, 0.3) is 5.91 Å². The zero-order valence-corrected chi connectivity index (χ0v) is 16.7. The molecular formula is C18H19Cl2N5O2. The lowest BCUT2D eigenvalue weighted by Crippen LogP contribution is -2.27. The molecule has 0 spiro atoms. The summed E-state index contributed by atoms with van der Waals surface area (Å²) in [6, 6.07) is 6.80. The molecular weight excluding hydrogens is 389 g/mol. The van der Waals surface area contributed by atoms with Gasteiger partial charge in [0.15, 0.2) is 12.4 Å². The van der Waals surface area contributed by atoms with Crippen molar-refractivity contribution in [1.29, 1.82) is 0 Å². The number of halogens is 2. The zero-order valence-electron chi connectivity index (χ0n) is 15.2. The van der Waals surface area contributed by atoms with E-state index in [2.05, 4.69) is 10.2 Å². The van der Waals surface area contributed by atoms with Gasteiger partial charge in [0.2, 0.25) is 0 Å². The summed E-state index contributed by atoms with van der Waals surface area (Å²) in [5.74, 6) is 0.273. The van der Waals surface area contributed by atoms with Gasteiger partial charge in [-0.15, -0.1) is 0 Å². The first-order valence-electron chi connectivity index (χ1n) is 8.20. The Morgan fingerprint density at radius 2 is 2.07 bits per heavy atom. The number of ether oxygens (including phenoxy) is 1. The average molecular weight is 408 g/mol. The van der Waals surface area contributed by atoms with Crippen LogP contribution < -0.4 is 4.74 Å². The molecule has 1 aromatic carbocycles. The highest BCUT2D eigenvalue weighted by atomic mass is 35.5. The van der Waals surface area contributed by atoms with Gasteiger partial charge in [0.05, 0.1) is 11.2 Å². The third-order valence-electron chi connectivity index (χ3n) is 4.22. The predicted molar refractivity (Wildman–Crippen MR) is 103 cm³/mol. The van der Waals surface area contributed by atoms with E-state index in [1.54, 1.807) is 53.3 Å². The van der Waals surface area contributed by atoms with Gasteiger partial charge in [0, 0.05) is 38.1 Å². The molecule has 0 saturated carbocycles. The first kappa shape index (κ1) is 19.3. The summed E-state index contributed by atoms with van der Waals surface area (Å²) in [5, 5.41) is 9.22. The lowest BCUT2D eigenvalue weighted by molar-refractivity contribution is 0.0777. The highest BCUT2D eigenvalue weighted by Gasteiger charge is 2.17. The smallest absolute Gasteiger partial charge is 0.274 e. The van der Waals surface area contributed by atoms with E-state index < -0.39 is 0 Å². The van der Waals surface area contributed by atoms with E-state index in [-0.39, 0.29) is 12.6 Å². The first-order valence-corrected chi connectivity index (χ1v) is 8.95.